The lowest BCUT2D eigenvalue weighted by molar-refractivity contribution is -0.142. The standard InChI is InChI=1S/C12H13BrClNO4S/c13-11-9(14)2-1-3-10(11)20(18,19)15-6-4-8(5-7-15)12(16)17/h1-3,8H,4-7H2,(H,16,17). The largest absolute Gasteiger partial charge is 0.481 e. The van der Waals surface area contributed by atoms with Crippen LogP contribution in [0.15, 0.2) is 27.6 Å². The summed E-state index contributed by atoms with van der Waals surface area (Å²) in [5.74, 6) is -1.34. The Balaban J connectivity index is 2.24. The zero-order chi connectivity index (χ0) is 14.9. The second-order valence-electron chi connectivity index (χ2n) is 4.57. The van der Waals surface area contributed by atoms with E-state index in [1.807, 2.05) is 0 Å². The summed E-state index contributed by atoms with van der Waals surface area (Å²) < 4.78 is 26.7. The zero-order valence-electron chi connectivity index (χ0n) is 10.4. The minimum absolute atomic E-state index is 0.110. The molecule has 0 radical (unpaired) electrons. The molecule has 0 aromatic heterocycles. The first-order chi connectivity index (χ1) is 9.34. The van der Waals surface area contributed by atoms with Gasteiger partial charge < -0.3 is 5.11 Å². The molecule has 5 nitrogen and oxygen atoms in total. The van der Waals surface area contributed by atoms with Gasteiger partial charge >= 0.3 is 5.97 Å². The van der Waals surface area contributed by atoms with Crippen LogP contribution in [0.4, 0.5) is 0 Å². The first-order valence-electron chi connectivity index (χ1n) is 6.01. The topological polar surface area (TPSA) is 74.7 Å². The van der Waals surface area contributed by atoms with Gasteiger partial charge in [0.25, 0.3) is 0 Å². The average molecular weight is 383 g/mol. The second kappa shape index (κ2) is 6.01. The van der Waals surface area contributed by atoms with Crippen molar-refractivity contribution < 1.29 is 18.3 Å². The maximum atomic E-state index is 12.5. The molecular formula is C12H13BrClNO4S. The average Bonchev–Trinajstić information content (AvgIpc) is 2.41. The molecule has 2 rings (SSSR count). The quantitative estimate of drug-likeness (QED) is 0.872. The Morgan fingerprint density at radius 1 is 1.35 bits per heavy atom. The van der Waals surface area contributed by atoms with Gasteiger partial charge in [-0.2, -0.15) is 4.31 Å². The summed E-state index contributed by atoms with van der Waals surface area (Å²) in [6.07, 6.45) is 0.652. The minimum Gasteiger partial charge on any atom is -0.481 e. The summed E-state index contributed by atoms with van der Waals surface area (Å²) in [6.45, 7) is 0.413. The van der Waals surface area contributed by atoms with E-state index in [2.05, 4.69) is 15.9 Å². The smallest absolute Gasteiger partial charge is 0.306 e. The van der Waals surface area contributed by atoms with Crippen LogP contribution in [-0.2, 0) is 14.8 Å². The number of carbonyl (C=O) groups is 1. The molecular weight excluding hydrogens is 370 g/mol. The molecule has 1 aliphatic heterocycles. The maximum absolute atomic E-state index is 12.5. The van der Waals surface area contributed by atoms with Gasteiger partial charge in [-0.15, -0.1) is 0 Å². The third-order valence-electron chi connectivity index (χ3n) is 3.34. The summed E-state index contributed by atoms with van der Waals surface area (Å²) in [5.41, 5.74) is 0. The highest BCUT2D eigenvalue weighted by molar-refractivity contribution is 9.10. The van der Waals surface area contributed by atoms with Crippen LogP contribution >= 0.6 is 27.5 Å². The molecule has 8 heteroatoms. The van der Waals surface area contributed by atoms with Gasteiger partial charge in [-0.25, -0.2) is 8.42 Å². The van der Waals surface area contributed by atoms with Crippen molar-refractivity contribution in [3.05, 3.63) is 27.7 Å². The molecule has 1 saturated heterocycles. The molecule has 1 aromatic carbocycles. The molecule has 110 valence electrons. The Bertz CT molecular complexity index is 626. The highest BCUT2D eigenvalue weighted by Crippen LogP contribution is 2.32. The van der Waals surface area contributed by atoms with Crippen LogP contribution in [0.1, 0.15) is 12.8 Å². The number of carboxylic acid groups (broad SMARTS) is 1. The van der Waals surface area contributed by atoms with Crippen LogP contribution < -0.4 is 0 Å². The summed E-state index contributed by atoms with van der Waals surface area (Å²) in [5, 5.41) is 9.26. The number of piperidine rings is 1. The normalized spacial score (nSPS) is 18.1. The fourth-order valence-electron chi connectivity index (χ4n) is 2.17. The predicted octanol–water partition coefficient (Wildman–Crippen LogP) is 2.59. The molecule has 20 heavy (non-hydrogen) atoms. The Labute approximate surface area is 130 Å². The number of halogens is 2. The minimum atomic E-state index is -3.66. The summed E-state index contributed by atoms with van der Waals surface area (Å²) >= 11 is 9.10. The summed E-state index contributed by atoms with van der Waals surface area (Å²) in [4.78, 5) is 11.0. The molecule has 1 aromatic rings. The lowest BCUT2D eigenvalue weighted by Crippen LogP contribution is -2.40. The molecule has 0 amide bonds. The van der Waals surface area contributed by atoms with Gasteiger partial charge in [-0.05, 0) is 40.9 Å². The molecule has 0 aliphatic carbocycles. The number of carboxylic acids is 1. The van der Waals surface area contributed by atoms with E-state index in [1.54, 1.807) is 12.1 Å². The number of hydrogen-bond acceptors (Lipinski definition) is 3. The van der Waals surface area contributed by atoms with Gasteiger partial charge in [0.05, 0.1) is 20.3 Å². The maximum Gasteiger partial charge on any atom is 0.306 e. The Morgan fingerprint density at radius 3 is 2.50 bits per heavy atom. The van der Waals surface area contributed by atoms with Gasteiger partial charge in [0.2, 0.25) is 10.0 Å². The number of benzene rings is 1. The van der Waals surface area contributed by atoms with Crippen LogP contribution in [0.3, 0.4) is 0 Å². The van der Waals surface area contributed by atoms with Crippen molar-refractivity contribution in [3.8, 4) is 0 Å². The van der Waals surface area contributed by atoms with Crippen LogP contribution in [-0.4, -0.2) is 36.9 Å². The SMILES string of the molecule is O=C(O)C1CCN(S(=O)(=O)c2cccc(Cl)c2Br)CC1. The van der Waals surface area contributed by atoms with Gasteiger partial charge in [0.1, 0.15) is 0 Å². The van der Waals surface area contributed by atoms with Crippen molar-refractivity contribution in [1.82, 2.24) is 4.31 Å². The van der Waals surface area contributed by atoms with Crippen LogP contribution in [0.5, 0.6) is 0 Å². The molecule has 0 bridgehead atoms. The van der Waals surface area contributed by atoms with Crippen molar-refractivity contribution in [3.63, 3.8) is 0 Å². The predicted molar refractivity (Wildman–Crippen MR) is 78.3 cm³/mol. The number of rotatable bonds is 3. The summed E-state index contributed by atoms with van der Waals surface area (Å²) in [6, 6.07) is 4.65. The van der Waals surface area contributed by atoms with E-state index in [-0.39, 0.29) is 18.0 Å². The van der Waals surface area contributed by atoms with Crippen molar-refractivity contribution in [2.45, 2.75) is 17.7 Å². The lowest BCUT2D eigenvalue weighted by atomic mass is 9.99. The van der Waals surface area contributed by atoms with Crippen LogP contribution in [0, 0.1) is 5.92 Å². The summed E-state index contributed by atoms with van der Waals surface area (Å²) in [7, 11) is -3.66. The van der Waals surface area contributed by atoms with Gasteiger partial charge in [-0.3, -0.25) is 4.79 Å². The number of sulfonamides is 1. The lowest BCUT2D eigenvalue weighted by Gasteiger charge is -2.29. The van der Waals surface area contributed by atoms with Crippen molar-refractivity contribution >= 4 is 43.5 Å². The first kappa shape index (κ1) is 15.8. The number of hydrogen-bond donors (Lipinski definition) is 1. The first-order valence-corrected chi connectivity index (χ1v) is 8.62. The molecule has 0 saturated carbocycles. The van der Waals surface area contributed by atoms with Crippen molar-refractivity contribution in [2.24, 2.45) is 5.92 Å². The molecule has 1 fully saturated rings. The van der Waals surface area contributed by atoms with E-state index >= 15 is 0 Å². The highest BCUT2D eigenvalue weighted by atomic mass is 79.9. The Hall–Kier alpha value is -0.630. The fourth-order valence-corrected chi connectivity index (χ4v) is 4.83. The molecule has 1 N–H and O–H groups in total. The van der Waals surface area contributed by atoms with Gasteiger partial charge in [-0.1, -0.05) is 17.7 Å². The van der Waals surface area contributed by atoms with E-state index in [0.29, 0.717) is 22.3 Å². The van der Waals surface area contributed by atoms with E-state index in [1.165, 1.54) is 10.4 Å². The van der Waals surface area contributed by atoms with E-state index < -0.39 is 21.9 Å². The zero-order valence-corrected chi connectivity index (χ0v) is 13.6. The number of aliphatic carboxylic acids is 1. The van der Waals surface area contributed by atoms with E-state index in [9.17, 15) is 13.2 Å². The molecule has 1 heterocycles. The van der Waals surface area contributed by atoms with Crippen LogP contribution in [0.2, 0.25) is 5.02 Å². The van der Waals surface area contributed by atoms with Crippen molar-refractivity contribution in [1.29, 1.82) is 0 Å². The Kier molecular flexibility index (Phi) is 4.73. The third-order valence-corrected chi connectivity index (χ3v) is 6.94. The fraction of sp³-hybridized carbons (Fsp3) is 0.417. The van der Waals surface area contributed by atoms with Crippen LogP contribution in [0.25, 0.3) is 0 Å². The number of nitrogens with zero attached hydrogens (tertiary/aromatic N) is 1. The molecule has 1 aliphatic rings. The van der Waals surface area contributed by atoms with Gasteiger partial charge in [0.15, 0.2) is 0 Å². The van der Waals surface area contributed by atoms with Gasteiger partial charge in [0, 0.05) is 13.1 Å². The van der Waals surface area contributed by atoms with E-state index in [0.717, 1.165) is 0 Å². The molecule has 0 atom stereocenters. The Morgan fingerprint density at radius 2 is 1.95 bits per heavy atom. The molecule has 0 unspecified atom stereocenters. The second-order valence-corrected chi connectivity index (χ2v) is 7.68. The molecule has 0 spiro atoms. The highest BCUT2D eigenvalue weighted by Gasteiger charge is 2.33. The van der Waals surface area contributed by atoms with Crippen molar-refractivity contribution in [2.75, 3.05) is 13.1 Å². The third kappa shape index (κ3) is 3.00. The van der Waals surface area contributed by atoms with E-state index in [4.69, 9.17) is 16.7 Å². The monoisotopic (exact) mass is 381 g/mol.